The summed E-state index contributed by atoms with van der Waals surface area (Å²) in [6.45, 7) is 4.70. The van der Waals surface area contributed by atoms with Crippen LogP contribution in [0.5, 0.6) is 0 Å². The number of likely N-dealkylation sites (tertiary alicyclic amines) is 1. The Balaban J connectivity index is 1.42. The predicted molar refractivity (Wildman–Crippen MR) is 96.7 cm³/mol. The molecule has 1 N–H and O–H groups in total. The van der Waals surface area contributed by atoms with Crippen LogP contribution in [0.4, 0.5) is 9.18 Å². The van der Waals surface area contributed by atoms with Gasteiger partial charge in [0.15, 0.2) is 5.78 Å². The largest absolute Gasteiger partial charge is 0.443 e. The molecule has 1 amide bonds. The number of alkyl carbamates (subject to hydrolysis) is 1. The van der Waals surface area contributed by atoms with Gasteiger partial charge in [-0.25, -0.2) is 9.18 Å². The van der Waals surface area contributed by atoms with Crippen molar-refractivity contribution in [2.24, 2.45) is 0 Å². The van der Waals surface area contributed by atoms with Gasteiger partial charge in [-0.2, -0.15) is 0 Å². The molecule has 0 aromatic heterocycles. The number of ketones is 1. The first kappa shape index (κ1) is 18.8. The minimum absolute atomic E-state index is 0.0524. The first-order valence-corrected chi connectivity index (χ1v) is 9.50. The average molecular weight is 362 g/mol. The van der Waals surface area contributed by atoms with Crippen LogP contribution in [-0.2, 0) is 4.74 Å². The van der Waals surface area contributed by atoms with E-state index in [0.717, 1.165) is 51.7 Å². The Morgan fingerprint density at radius 2 is 2.00 bits per heavy atom. The van der Waals surface area contributed by atoms with E-state index >= 15 is 0 Å². The summed E-state index contributed by atoms with van der Waals surface area (Å²) in [5.74, 6) is -0.274. The van der Waals surface area contributed by atoms with Crippen molar-refractivity contribution in [3.05, 3.63) is 35.6 Å². The maximum atomic E-state index is 12.9. The standard InChI is InChI=1S/C20H27FN2O3/c1-2-17-14-20(26-19(25)22-17)9-12-23(13-10-20)11-3-4-18(24)15-5-7-16(21)8-6-15/h5-8,17H,2-4,9-14H2,1H3,(H,22,25). The zero-order chi connectivity index (χ0) is 18.6. The van der Waals surface area contributed by atoms with Crippen LogP contribution >= 0.6 is 0 Å². The van der Waals surface area contributed by atoms with Gasteiger partial charge in [-0.15, -0.1) is 0 Å². The Hall–Kier alpha value is -1.95. The van der Waals surface area contributed by atoms with Gasteiger partial charge >= 0.3 is 6.09 Å². The third-order valence-electron chi connectivity index (χ3n) is 5.55. The molecular weight excluding hydrogens is 335 g/mol. The molecule has 1 aromatic carbocycles. The fourth-order valence-corrected chi connectivity index (χ4v) is 3.91. The van der Waals surface area contributed by atoms with Crippen molar-refractivity contribution in [1.29, 1.82) is 0 Å². The quantitative estimate of drug-likeness (QED) is 0.787. The number of carbonyl (C=O) groups excluding carboxylic acids is 2. The number of hydrogen-bond acceptors (Lipinski definition) is 4. The maximum absolute atomic E-state index is 12.9. The topological polar surface area (TPSA) is 58.6 Å². The number of hydrogen-bond donors (Lipinski definition) is 1. The lowest BCUT2D eigenvalue weighted by Crippen LogP contribution is -2.56. The van der Waals surface area contributed by atoms with Gasteiger partial charge in [-0.3, -0.25) is 4.79 Å². The average Bonchev–Trinajstić information content (AvgIpc) is 2.63. The number of amides is 1. The highest BCUT2D eigenvalue weighted by molar-refractivity contribution is 5.95. The van der Waals surface area contributed by atoms with Crippen LogP contribution in [-0.4, -0.2) is 48.1 Å². The van der Waals surface area contributed by atoms with Crippen molar-refractivity contribution < 1.29 is 18.7 Å². The van der Waals surface area contributed by atoms with E-state index in [0.29, 0.717) is 12.0 Å². The van der Waals surface area contributed by atoms with Gasteiger partial charge in [-0.05, 0) is 43.7 Å². The van der Waals surface area contributed by atoms with Gasteiger partial charge in [0.1, 0.15) is 11.4 Å². The molecule has 26 heavy (non-hydrogen) atoms. The number of piperidine rings is 1. The number of Topliss-reactive ketones (excluding diaryl/α,β-unsaturated/α-hetero) is 1. The first-order chi connectivity index (χ1) is 12.5. The maximum Gasteiger partial charge on any atom is 0.407 e. The Bertz CT molecular complexity index is 639. The summed E-state index contributed by atoms with van der Waals surface area (Å²) in [4.78, 5) is 26.3. The second-order valence-electron chi connectivity index (χ2n) is 7.40. The van der Waals surface area contributed by atoms with Gasteiger partial charge < -0.3 is 15.0 Å². The molecule has 0 aliphatic carbocycles. The van der Waals surface area contributed by atoms with Crippen molar-refractivity contribution in [3.63, 3.8) is 0 Å². The summed E-state index contributed by atoms with van der Waals surface area (Å²) in [5.41, 5.74) is 0.250. The highest BCUT2D eigenvalue weighted by Crippen LogP contribution is 2.34. The van der Waals surface area contributed by atoms with Crippen LogP contribution in [0.2, 0.25) is 0 Å². The number of nitrogens with zero attached hydrogens (tertiary/aromatic N) is 1. The summed E-state index contributed by atoms with van der Waals surface area (Å²) < 4.78 is 18.6. The third kappa shape index (κ3) is 4.61. The van der Waals surface area contributed by atoms with E-state index in [9.17, 15) is 14.0 Å². The van der Waals surface area contributed by atoms with Crippen molar-refractivity contribution in [1.82, 2.24) is 10.2 Å². The highest BCUT2D eigenvalue weighted by atomic mass is 19.1. The van der Waals surface area contributed by atoms with Crippen LogP contribution in [0.15, 0.2) is 24.3 Å². The van der Waals surface area contributed by atoms with Crippen molar-refractivity contribution in [2.75, 3.05) is 19.6 Å². The molecule has 2 aliphatic heterocycles. The smallest absolute Gasteiger partial charge is 0.407 e. The second-order valence-corrected chi connectivity index (χ2v) is 7.40. The summed E-state index contributed by atoms with van der Waals surface area (Å²) >= 11 is 0. The number of halogens is 1. The molecule has 6 heteroatoms. The molecule has 1 atom stereocenters. The van der Waals surface area contributed by atoms with Crippen molar-refractivity contribution in [2.45, 2.75) is 57.1 Å². The van der Waals surface area contributed by atoms with Crippen LogP contribution < -0.4 is 5.32 Å². The molecule has 2 aliphatic rings. The minimum Gasteiger partial charge on any atom is -0.443 e. The summed E-state index contributed by atoms with van der Waals surface area (Å²) in [6, 6.07) is 5.93. The zero-order valence-electron chi connectivity index (χ0n) is 15.3. The molecule has 2 heterocycles. The van der Waals surface area contributed by atoms with E-state index < -0.39 is 0 Å². The van der Waals surface area contributed by atoms with Crippen molar-refractivity contribution in [3.8, 4) is 0 Å². The first-order valence-electron chi connectivity index (χ1n) is 9.50. The van der Waals surface area contributed by atoms with Gasteiger partial charge in [0.25, 0.3) is 0 Å². The lowest BCUT2D eigenvalue weighted by molar-refractivity contribution is -0.0655. The van der Waals surface area contributed by atoms with Gasteiger partial charge in [0, 0.05) is 50.4 Å². The number of benzene rings is 1. The third-order valence-corrected chi connectivity index (χ3v) is 5.55. The molecular formula is C20H27FN2O3. The molecule has 2 fully saturated rings. The Kier molecular flexibility index (Phi) is 5.91. The normalized spacial score (nSPS) is 22.7. The molecule has 0 bridgehead atoms. The van der Waals surface area contributed by atoms with E-state index in [4.69, 9.17) is 4.74 Å². The summed E-state index contributed by atoms with van der Waals surface area (Å²) in [5, 5.41) is 2.88. The summed E-state index contributed by atoms with van der Waals surface area (Å²) in [6.07, 6.45) is 4.46. The fourth-order valence-electron chi connectivity index (χ4n) is 3.91. The SMILES string of the molecule is CCC1CC2(CCN(CCCC(=O)c3ccc(F)cc3)CC2)OC(=O)N1. The number of carbonyl (C=O) groups is 2. The lowest BCUT2D eigenvalue weighted by atomic mass is 9.83. The van der Waals surface area contributed by atoms with Crippen LogP contribution in [0.25, 0.3) is 0 Å². The van der Waals surface area contributed by atoms with Gasteiger partial charge in [0.05, 0.1) is 0 Å². The second kappa shape index (κ2) is 8.16. The molecule has 2 saturated heterocycles. The Labute approximate surface area is 153 Å². The Morgan fingerprint density at radius 3 is 2.65 bits per heavy atom. The Morgan fingerprint density at radius 1 is 1.31 bits per heavy atom. The molecule has 142 valence electrons. The highest BCUT2D eigenvalue weighted by Gasteiger charge is 2.43. The molecule has 3 rings (SSSR count). The minimum atomic E-state index is -0.326. The number of rotatable bonds is 6. The van der Waals surface area contributed by atoms with E-state index in [1.807, 2.05) is 0 Å². The van der Waals surface area contributed by atoms with E-state index in [1.54, 1.807) is 0 Å². The molecule has 1 unspecified atom stereocenters. The van der Waals surface area contributed by atoms with Gasteiger partial charge in [0.2, 0.25) is 0 Å². The lowest BCUT2D eigenvalue weighted by Gasteiger charge is -2.45. The molecule has 5 nitrogen and oxygen atoms in total. The zero-order valence-corrected chi connectivity index (χ0v) is 15.3. The van der Waals surface area contributed by atoms with E-state index in [2.05, 4.69) is 17.1 Å². The van der Waals surface area contributed by atoms with Crippen molar-refractivity contribution >= 4 is 11.9 Å². The molecule has 1 spiro atoms. The summed E-state index contributed by atoms with van der Waals surface area (Å²) in [7, 11) is 0. The molecule has 1 aromatic rings. The molecule has 0 radical (unpaired) electrons. The fraction of sp³-hybridized carbons (Fsp3) is 0.600. The van der Waals surface area contributed by atoms with E-state index in [1.165, 1.54) is 24.3 Å². The monoisotopic (exact) mass is 362 g/mol. The predicted octanol–water partition coefficient (Wildman–Crippen LogP) is 3.53. The number of ether oxygens (including phenoxy) is 1. The van der Waals surface area contributed by atoms with E-state index in [-0.39, 0.29) is 29.3 Å². The number of nitrogens with one attached hydrogen (secondary N) is 1. The van der Waals surface area contributed by atoms with Crippen LogP contribution in [0.3, 0.4) is 0 Å². The van der Waals surface area contributed by atoms with Crippen LogP contribution in [0.1, 0.15) is 55.8 Å². The van der Waals surface area contributed by atoms with Gasteiger partial charge in [-0.1, -0.05) is 6.92 Å². The molecule has 0 saturated carbocycles. The van der Waals surface area contributed by atoms with Crippen LogP contribution in [0, 0.1) is 5.82 Å².